The van der Waals surface area contributed by atoms with Crippen molar-refractivity contribution in [2.75, 3.05) is 0 Å². The Bertz CT molecular complexity index is 874. The second-order valence-corrected chi connectivity index (χ2v) is 7.94. The first-order chi connectivity index (χ1) is 13.0. The summed E-state index contributed by atoms with van der Waals surface area (Å²) in [5.41, 5.74) is 3.60. The maximum absolute atomic E-state index is 10.7. The molecule has 196 valence electrons. The summed E-state index contributed by atoms with van der Waals surface area (Å²) in [6.07, 6.45) is 1.33. The van der Waals surface area contributed by atoms with Gasteiger partial charge in [0.15, 0.2) is 0 Å². The number of hydrogen-bond donors (Lipinski definition) is 4. The Labute approximate surface area is 228 Å². The Kier molecular flexibility index (Phi) is 23.7. The van der Waals surface area contributed by atoms with E-state index in [0.29, 0.717) is 12.8 Å². The SMILES string of the molecule is CC/C(=C(/CC)c1ccc(OP(=O)([O-])[O-])cc1)c1ccc(OP(=O)([O-])[O-])cc1.N.N.N.N.[Pt+4].[Pt+4]. The van der Waals surface area contributed by atoms with Crippen molar-refractivity contribution in [3.63, 3.8) is 0 Å². The van der Waals surface area contributed by atoms with Gasteiger partial charge in [0, 0.05) is 0 Å². The molecule has 0 radical (unpaired) electrons. The third kappa shape index (κ3) is 14.0. The molecule has 0 heterocycles. The number of phosphoric acid groups is 2. The average Bonchev–Trinajstić information content (AvgIpc) is 2.59. The van der Waals surface area contributed by atoms with Crippen LogP contribution in [0.5, 0.6) is 11.5 Å². The van der Waals surface area contributed by atoms with Gasteiger partial charge in [-0.25, -0.2) is 0 Å². The Morgan fingerprint density at radius 2 is 0.853 bits per heavy atom. The van der Waals surface area contributed by atoms with Crippen LogP contribution in [0.2, 0.25) is 0 Å². The minimum atomic E-state index is -5.11. The molecule has 12 N–H and O–H groups in total. The van der Waals surface area contributed by atoms with Gasteiger partial charge in [0.1, 0.15) is 27.1 Å². The molecule has 0 saturated carbocycles. The third-order valence-electron chi connectivity index (χ3n) is 3.91. The molecule has 0 aliphatic carbocycles. The first kappa shape index (κ1) is 43.4. The Balaban J connectivity index is -0.000000467. The van der Waals surface area contributed by atoms with E-state index in [-0.39, 0.29) is 78.2 Å². The summed E-state index contributed by atoms with van der Waals surface area (Å²) in [6, 6.07) is 12.2. The van der Waals surface area contributed by atoms with E-state index in [9.17, 15) is 28.7 Å². The van der Waals surface area contributed by atoms with Gasteiger partial charge < -0.3 is 62.4 Å². The van der Waals surface area contributed by atoms with Crippen molar-refractivity contribution < 1.29 is 79.9 Å². The van der Waals surface area contributed by atoms with E-state index in [4.69, 9.17) is 0 Å². The number of benzene rings is 2. The Morgan fingerprint density at radius 1 is 0.618 bits per heavy atom. The van der Waals surface area contributed by atoms with Crippen molar-refractivity contribution in [1.82, 2.24) is 24.6 Å². The van der Waals surface area contributed by atoms with Crippen LogP contribution in [-0.2, 0) is 51.3 Å². The number of phosphoric ester groups is 2. The van der Waals surface area contributed by atoms with Crippen molar-refractivity contribution in [2.24, 2.45) is 0 Å². The van der Waals surface area contributed by atoms with Crippen LogP contribution >= 0.6 is 15.6 Å². The summed E-state index contributed by atoms with van der Waals surface area (Å²) in [5.74, 6) is -0.126. The third-order valence-corrected chi connectivity index (χ3v) is 4.78. The second-order valence-electron chi connectivity index (χ2n) is 5.79. The topological polar surface area (TPSA) is 285 Å². The molecule has 16 heteroatoms. The average molecular weight is 883 g/mol. The molecule has 0 spiro atoms. The summed E-state index contributed by atoms with van der Waals surface area (Å²) in [6.45, 7) is 3.92. The van der Waals surface area contributed by atoms with Crippen LogP contribution < -0.4 is 53.2 Å². The Morgan fingerprint density at radius 3 is 1.03 bits per heavy atom. The standard InChI is InChI=1S/C18H22O8P2.4H3N.2Pt/c1-3-17(13-5-9-15(10-6-13)25-27(19,20)21)18(4-2)14-7-11-16(12-8-14)26-28(22,23)24;;;;;;/h5-12H,3-4H2,1-2H3,(H2,19,20,21)(H2,22,23,24);4*1H3;;/q;;;;;2*+4/p-4/b18-17+;;;;;;. The number of rotatable bonds is 8. The summed E-state index contributed by atoms with van der Waals surface area (Å²) in [4.78, 5) is 42.8. The maximum Gasteiger partial charge on any atom is 4.00 e. The minimum absolute atomic E-state index is 0. The molecule has 0 unspecified atom stereocenters. The smallest absolute Gasteiger partial charge is 0.780 e. The van der Waals surface area contributed by atoms with Crippen molar-refractivity contribution in [3.8, 4) is 11.5 Å². The molecule has 0 aliphatic heterocycles. The van der Waals surface area contributed by atoms with E-state index in [1.807, 2.05) is 13.8 Å². The maximum atomic E-state index is 10.7. The fraction of sp³-hybridized carbons (Fsp3) is 0.222. The van der Waals surface area contributed by atoms with Crippen LogP contribution in [0, 0.1) is 0 Å². The second kappa shape index (κ2) is 18.5. The van der Waals surface area contributed by atoms with Gasteiger partial charge >= 0.3 is 42.1 Å². The van der Waals surface area contributed by atoms with Gasteiger partial charge in [-0.2, -0.15) is 0 Å². The first-order valence-electron chi connectivity index (χ1n) is 8.38. The molecule has 2 aromatic rings. The van der Waals surface area contributed by atoms with Gasteiger partial charge in [-0.1, -0.05) is 38.1 Å². The fourth-order valence-corrected chi connectivity index (χ4v) is 3.64. The molecule has 2 rings (SSSR count). The molecule has 0 atom stereocenters. The van der Waals surface area contributed by atoms with Crippen LogP contribution in [-0.4, -0.2) is 0 Å². The van der Waals surface area contributed by atoms with Gasteiger partial charge in [-0.3, -0.25) is 0 Å². The monoisotopic (exact) mass is 882 g/mol. The molecule has 34 heavy (non-hydrogen) atoms. The van der Waals surface area contributed by atoms with E-state index in [1.165, 1.54) is 24.3 Å². The zero-order valence-corrected chi connectivity index (χ0v) is 25.0. The van der Waals surface area contributed by atoms with E-state index in [1.54, 1.807) is 24.3 Å². The first-order valence-corrected chi connectivity index (χ1v) is 11.3. The van der Waals surface area contributed by atoms with Crippen LogP contribution in [0.3, 0.4) is 0 Å². The molecule has 0 aromatic heterocycles. The van der Waals surface area contributed by atoms with Crippen molar-refractivity contribution in [3.05, 3.63) is 59.7 Å². The van der Waals surface area contributed by atoms with Crippen molar-refractivity contribution in [1.29, 1.82) is 0 Å². The zero-order chi connectivity index (χ0) is 20.9. The van der Waals surface area contributed by atoms with Gasteiger partial charge in [0.25, 0.3) is 0 Å². The predicted molar refractivity (Wildman–Crippen MR) is 117 cm³/mol. The quantitative estimate of drug-likeness (QED) is 0.220. The van der Waals surface area contributed by atoms with Crippen LogP contribution in [0.4, 0.5) is 0 Å². The molecule has 0 saturated heterocycles. The van der Waals surface area contributed by atoms with E-state index >= 15 is 0 Å². The van der Waals surface area contributed by atoms with E-state index in [2.05, 4.69) is 9.05 Å². The Hall–Kier alpha value is -0.703. The molecule has 0 fully saturated rings. The minimum Gasteiger partial charge on any atom is -0.780 e. The summed E-state index contributed by atoms with van der Waals surface area (Å²) in [5, 5.41) is 0. The summed E-state index contributed by atoms with van der Waals surface area (Å²) >= 11 is 0. The van der Waals surface area contributed by atoms with Gasteiger partial charge in [-0.15, -0.1) is 0 Å². The van der Waals surface area contributed by atoms with Gasteiger partial charge in [-0.05, 0) is 59.4 Å². The predicted octanol–water partition coefficient (Wildman–Crippen LogP) is 2.48. The fourth-order valence-electron chi connectivity index (χ4n) is 2.88. The molecular formula is C18H30N4O8P2Pt2+4. The summed E-state index contributed by atoms with van der Waals surface area (Å²) in [7, 11) is -10.2. The van der Waals surface area contributed by atoms with Crippen LogP contribution in [0.25, 0.3) is 11.1 Å². The van der Waals surface area contributed by atoms with Gasteiger partial charge in [0.05, 0.1) is 0 Å². The molecular weight excluding hydrogens is 852 g/mol. The molecule has 0 amide bonds. The van der Waals surface area contributed by atoms with Crippen molar-refractivity contribution >= 4 is 26.8 Å². The number of hydrogen-bond acceptors (Lipinski definition) is 12. The number of allylic oxidation sites excluding steroid dienone is 2. The van der Waals surface area contributed by atoms with E-state index in [0.717, 1.165) is 22.3 Å². The summed E-state index contributed by atoms with van der Waals surface area (Å²) < 4.78 is 30.1. The van der Waals surface area contributed by atoms with E-state index < -0.39 is 15.6 Å². The molecule has 0 bridgehead atoms. The van der Waals surface area contributed by atoms with Crippen LogP contribution in [0.15, 0.2) is 48.5 Å². The molecule has 12 nitrogen and oxygen atoms in total. The normalized spacial score (nSPS) is 10.8. The zero-order valence-electron chi connectivity index (χ0n) is 18.7. The van der Waals surface area contributed by atoms with Crippen LogP contribution in [0.1, 0.15) is 37.8 Å². The molecule has 2 aromatic carbocycles. The van der Waals surface area contributed by atoms with Crippen molar-refractivity contribution in [2.45, 2.75) is 26.7 Å². The van der Waals surface area contributed by atoms with Gasteiger partial charge in [0.2, 0.25) is 0 Å². The molecule has 0 aliphatic rings. The largest absolute Gasteiger partial charge is 4.00 e.